The molecule has 0 bridgehead atoms. The molecule has 1 saturated heterocycles. The zero-order valence-corrected chi connectivity index (χ0v) is 17.5. The lowest BCUT2D eigenvalue weighted by atomic mass is 10.0. The average Bonchev–Trinajstić information content (AvgIpc) is 3.35. The summed E-state index contributed by atoms with van der Waals surface area (Å²) in [5.41, 5.74) is 0.388. The molecule has 0 spiro atoms. The number of carboxylic acid groups (broad SMARTS) is 2. The zero-order chi connectivity index (χ0) is 23.7. The molecule has 0 atom stereocenters. The first-order chi connectivity index (χ1) is 15.7. The summed E-state index contributed by atoms with van der Waals surface area (Å²) in [6, 6.07) is 12.0. The quantitative estimate of drug-likeness (QED) is 0.499. The third-order valence-corrected chi connectivity index (χ3v) is 5.65. The summed E-state index contributed by atoms with van der Waals surface area (Å²) < 4.78 is 18.7. The van der Waals surface area contributed by atoms with Gasteiger partial charge in [-0.25, -0.2) is 14.0 Å². The van der Waals surface area contributed by atoms with Gasteiger partial charge in [0.1, 0.15) is 17.3 Å². The van der Waals surface area contributed by atoms with Gasteiger partial charge in [-0.2, -0.15) is 0 Å². The van der Waals surface area contributed by atoms with Crippen LogP contribution in [0.5, 0.6) is 0 Å². The van der Waals surface area contributed by atoms with Crippen LogP contribution < -0.4 is 0 Å². The van der Waals surface area contributed by atoms with E-state index >= 15 is 0 Å². The van der Waals surface area contributed by atoms with Gasteiger partial charge in [-0.1, -0.05) is 12.1 Å². The van der Waals surface area contributed by atoms with Crippen LogP contribution >= 0.6 is 11.8 Å². The Bertz CT molecular complexity index is 1290. The highest BCUT2D eigenvalue weighted by molar-refractivity contribution is 8.18. The Labute approximate surface area is 189 Å². The number of hydrogen-bond acceptors (Lipinski definition) is 6. The lowest BCUT2D eigenvalue weighted by Gasteiger charge is -2.12. The van der Waals surface area contributed by atoms with Gasteiger partial charge in [0.25, 0.3) is 11.1 Å². The molecule has 0 unspecified atom stereocenters. The molecule has 4 rings (SSSR count). The minimum Gasteiger partial charge on any atom is -0.478 e. The standard InChI is InChI=1S/C23H14FNO7S/c24-16-3-1-12(2-4-16)11-25-20(26)19(33-23(25)31)10-17-5-6-18(32-17)13-7-14(21(27)28)9-15(8-13)22(29)30/h1-10H,11H2,(H,27,28)(H,29,30)/b19-10-. The summed E-state index contributed by atoms with van der Waals surface area (Å²) in [6.45, 7) is -0.00830. The molecule has 33 heavy (non-hydrogen) atoms. The molecule has 2 amide bonds. The smallest absolute Gasteiger partial charge is 0.335 e. The number of rotatable bonds is 6. The molecule has 0 saturated carbocycles. The first kappa shape index (κ1) is 22.0. The van der Waals surface area contributed by atoms with Crippen LogP contribution in [0.2, 0.25) is 0 Å². The van der Waals surface area contributed by atoms with Gasteiger partial charge in [0, 0.05) is 11.6 Å². The van der Waals surface area contributed by atoms with Gasteiger partial charge in [-0.3, -0.25) is 14.5 Å². The third kappa shape index (κ3) is 4.70. The highest BCUT2D eigenvalue weighted by Gasteiger charge is 2.35. The van der Waals surface area contributed by atoms with Crippen LogP contribution in [0.4, 0.5) is 9.18 Å². The molecule has 1 fully saturated rings. The van der Waals surface area contributed by atoms with Crippen molar-refractivity contribution >= 4 is 40.9 Å². The van der Waals surface area contributed by atoms with Gasteiger partial charge >= 0.3 is 11.9 Å². The minimum atomic E-state index is -1.29. The van der Waals surface area contributed by atoms with Crippen molar-refractivity contribution in [1.29, 1.82) is 0 Å². The number of imide groups is 1. The number of benzene rings is 2. The highest BCUT2D eigenvalue weighted by Crippen LogP contribution is 2.34. The zero-order valence-electron chi connectivity index (χ0n) is 16.6. The molecule has 2 heterocycles. The second-order valence-corrected chi connectivity index (χ2v) is 8.00. The maximum Gasteiger partial charge on any atom is 0.335 e. The Morgan fingerprint density at radius 1 is 0.970 bits per heavy atom. The van der Waals surface area contributed by atoms with Gasteiger partial charge in [0.15, 0.2) is 0 Å². The van der Waals surface area contributed by atoms with Crippen molar-refractivity contribution in [3.63, 3.8) is 0 Å². The molecule has 8 nitrogen and oxygen atoms in total. The number of thioether (sulfide) groups is 1. The number of halogens is 1. The van der Waals surface area contributed by atoms with Crippen molar-refractivity contribution in [1.82, 2.24) is 4.90 Å². The summed E-state index contributed by atoms with van der Waals surface area (Å²) in [5, 5.41) is 18.0. The molecule has 10 heteroatoms. The number of furan rings is 1. The molecule has 2 N–H and O–H groups in total. The van der Waals surface area contributed by atoms with E-state index < -0.39 is 28.9 Å². The Morgan fingerprint density at radius 2 is 1.61 bits per heavy atom. The number of carbonyl (C=O) groups excluding carboxylic acids is 2. The van der Waals surface area contributed by atoms with Crippen molar-refractivity contribution in [2.45, 2.75) is 6.54 Å². The van der Waals surface area contributed by atoms with Gasteiger partial charge in [0.05, 0.1) is 22.6 Å². The molecular formula is C23H14FNO7S. The van der Waals surface area contributed by atoms with E-state index in [2.05, 4.69) is 0 Å². The maximum atomic E-state index is 13.1. The van der Waals surface area contributed by atoms with Crippen LogP contribution in [0, 0.1) is 5.82 Å². The molecule has 166 valence electrons. The minimum absolute atomic E-state index is 0.00830. The fourth-order valence-corrected chi connectivity index (χ4v) is 3.96. The predicted molar refractivity (Wildman–Crippen MR) is 116 cm³/mol. The normalized spacial score (nSPS) is 14.8. The fraction of sp³-hybridized carbons (Fsp3) is 0.0435. The van der Waals surface area contributed by atoms with E-state index in [1.54, 1.807) is 0 Å². The summed E-state index contributed by atoms with van der Waals surface area (Å²) in [6.07, 6.45) is 1.37. The second kappa shape index (κ2) is 8.75. The molecule has 3 aromatic rings. The number of amides is 2. The van der Waals surface area contributed by atoms with Crippen molar-refractivity contribution < 1.29 is 38.2 Å². The van der Waals surface area contributed by atoms with Gasteiger partial charge in [0.2, 0.25) is 0 Å². The van der Waals surface area contributed by atoms with E-state index in [-0.39, 0.29) is 39.7 Å². The van der Waals surface area contributed by atoms with Crippen LogP contribution in [-0.4, -0.2) is 38.2 Å². The van der Waals surface area contributed by atoms with Crippen molar-refractivity contribution in [3.8, 4) is 11.3 Å². The molecule has 2 aromatic carbocycles. The fourth-order valence-electron chi connectivity index (χ4n) is 3.14. The summed E-state index contributed by atoms with van der Waals surface area (Å²) in [5.74, 6) is -3.13. The Kier molecular flexibility index (Phi) is 5.84. The first-order valence-electron chi connectivity index (χ1n) is 9.43. The van der Waals surface area contributed by atoms with Crippen LogP contribution in [0.1, 0.15) is 32.0 Å². The van der Waals surface area contributed by atoms with E-state index in [1.807, 2.05) is 0 Å². The van der Waals surface area contributed by atoms with Crippen molar-refractivity contribution in [2.75, 3.05) is 0 Å². The molecule has 1 aromatic heterocycles. The lowest BCUT2D eigenvalue weighted by molar-refractivity contribution is -0.123. The second-order valence-electron chi connectivity index (χ2n) is 7.01. The molecular weight excluding hydrogens is 453 g/mol. The lowest BCUT2D eigenvalue weighted by Crippen LogP contribution is -2.27. The van der Waals surface area contributed by atoms with Crippen molar-refractivity contribution in [2.24, 2.45) is 0 Å². The topological polar surface area (TPSA) is 125 Å². The number of carbonyl (C=O) groups is 4. The average molecular weight is 467 g/mol. The number of hydrogen-bond donors (Lipinski definition) is 2. The van der Waals surface area contributed by atoms with Crippen LogP contribution in [0.25, 0.3) is 17.4 Å². The third-order valence-electron chi connectivity index (χ3n) is 4.74. The van der Waals surface area contributed by atoms with E-state index in [0.717, 1.165) is 22.7 Å². The van der Waals surface area contributed by atoms with Crippen LogP contribution in [0.3, 0.4) is 0 Å². The van der Waals surface area contributed by atoms with E-state index in [1.165, 1.54) is 54.6 Å². The summed E-state index contributed by atoms with van der Waals surface area (Å²) >= 11 is 0.726. The van der Waals surface area contributed by atoms with E-state index in [0.29, 0.717) is 5.56 Å². The monoisotopic (exact) mass is 467 g/mol. The van der Waals surface area contributed by atoms with E-state index in [4.69, 9.17) is 4.42 Å². The number of carboxylic acids is 2. The Morgan fingerprint density at radius 3 is 2.21 bits per heavy atom. The van der Waals surface area contributed by atoms with Crippen LogP contribution in [-0.2, 0) is 11.3 Å². The molecule has 0 aliphatic carbocycles. The van der Waals surface area contributed by atoms with Crippen LogP contribution in [0.15, 0.2) is 63.9 Å². The highest BCUT2D eigenvalue weighted by atomic mass is 32.2. The largest absolute Gasteiger partial charge is 0.478 e. The Hall–Kier alpha value is -4.18. The van der Waals surface area contributed by atoms with Gasteiger partial charge in [-0.15, -0.1) is 0 Å². The van der Waals surface area contributed by atoms with Gasteiger partial charge < -0.3 is 14.6 Å². The predicted octanol–water partition coefficient (Wildman–Crippen LogP) is 4.72. The number of nitrogens with zero attached hydrogens (tertiary/aromatic N) is 1. The Balaban J connectivity index is 1.58. The molecule has 0 radical (unpaired) electrons. The number of aromatic carboxylic acids is 2. The van der Waals surface area contributed by atoms with E-state index in [9.17, 15) is 33.8 Å². The summed E-state index contributed by atoms with van der Waals surface area (Å²) in [7, 11) is 0. The van der Waals surface area contributed by atoms with Gasteiger partial charge in [-0.05, 0) is 59.8 Å². The summed E-state index contributed by atoms with van der Waals surface area (Å²) in [4.78, 5) is 48.7. The first-order valence-corrected chi connectivity index (χ1v) is 10.2. The van der Waals surface area contributed by atoms with Crippen molar-refractivity contribution in [3.05, 3.63) is 87.8 Å². The maximum absolute atomic E-state index is 13.1. The molecule has 1 aliphatic heterocycles. The SMILES string of the molecule is O=C(O)c1cc(C(=O)O)cc(-c2ccc(/C=C3\SC(=O)N(Cc4ccc(F)cc4)C3=O)o2)c1. The molecule has 1 aliphatic rings.